The highest BCUT2D eigenvalue weighted by molar-refractivity contribution is 7.80. The first-order valence-corrected chi connectivity index (χ1v) is 6.56. The number of carbonyl (C=O) groups excluding carboxylic acids is 1. The highest BCUT2D eigenvalue weighted by Crippen LogP contribution is 2.24. The van der Waals surface area contributed by atoms with Crippen LogP contribution < -0.4 is 11.1 Å². The number of anilines is 1. The zero-order valence-corrected chi connectivity index (χ0v) is 12.1. The molecule has 0 aromatic heterocycles. The van der Waals surface area contributed by atoms with Crippen LogP contribution in [0.4, 0.5) is 10.1 Å². The minimum absolute atomic E-state index is 0.151. The van der Waals surface area contributed by atoms with Gasteiger partial charge in [0.2, 0.25) is 0 Å². The molecule has 0 radical (unpaired) electrons. The smallest absolute Gasteiger partial charge is 0.258 e. The van der Waals surface area contributed by atoms with Crippen molar-refractivity contribution < 1.29 is 14.3 Å². The van der Waals surface area contributed by atoms with Crippen LogP contribution in [-0.2, 0) is 0 Å². The number of benzene rings is 2. The molecule has 0 spiro atoms. The van der Waals surface area contributed by atoms with Gasteiger partial charge >= 0.3 is 0 Å². The van der Waals surface area contributed by atoms with Gasteiger partial charge in [-0.05, 0) is 24.3 Å². The number of thiocarbonyl (C=S) groups is 1. The standard InChI is InChI=1S/C14H10ClFN2O2S/c15-10-4-1-7(13(17)21)5-12(10)18-14(20)9-3-2-8(19)6-11(9)16/h1-6,19H,(H2,17,21)(H,18,20). The minimum atomic E-state index is -0.839. The van der Waals surface area contributed by atoms with Gasteiger partial charge in [0.15, 0.2) is 0 Å². The Hall–Kier alpha value is -2.18. The summed E-state index contributed by atoms with van der Waals surface area (Å²) in [6.07, 6.45) is 0. The maximum atomic E-state index is 13.6. The topological polar surface area (TPSA) is 75.3 Å². The third-order valence-corrected chi connectivity index (χ3v) is 3.26. The second kappa shape index (κ2) is 6.07. The summed E-state index contributed by atoms with van der Waals surface area (Å²) in [5.74, 6) is -1.80. The average Bonchev–Trinajstić information content (AvgIpc) is 2.40. The first kappa shape index (κ1) is 15.2. The number of amides is 1. The van der Waals surface area contributed by atoms with Crippen LogP contribution >= 0.6 is 23.8 Å². The quantitative estimate of drug-likeness (QED) is 0.758. The van der Waals surface area contributed by atoms with Gasteiger partial charge in [0, 0.05) is 11.6 Å². The minimum Gasteiger partial charge on any atom is -0.508 e. The van der Waals surface area contributed by atoms with Crippen LogP contribution in [0.25, 0.3) is 0 Å². The van der Waals surface area contributed by atoms with Gasteiger partial charge in [0.05, 0.1) is 16.3 Å². The molecule has 0 saturated heterocycles. The van der Waals surface area contributed by atoms with Crippen molar-refractivity contribution >= 4 is 40.4 Å². The molecule has 2 aromatic rings. The van der Waals surface area contributed by atoms with E-state index in [1.807, 2.05) is 0 Å². The van der Waals surface area contributed by atoms with Gasteiger partial charge in [0.25, 0.3) is 5.91 Å². The van der Waals surface area contributed by atoms with Crippen LogP contribution in [0.2, 0.25) is 5.02 Å². The first-order chi connectivity index (χ1) is 9.88. The highest BCUT2D eigenvalue weighted by atomic mass is 35.5. The van der Waals surface area contributed by atoms with E-state index in [4.69, 9.17) is 34.7 Å². The SMILES string of the molecule is NC(=S)c1ccc(Cl)c(NC(=O)c2ccc(O)cc2F)c1. The second-order valence-electron chi connectivity index (χ2n) is 4.18. The molecular weight excluding hydrogens is 315 g/mol. The number of halogens is 2. The van der Waals surface area contributed by atoms with Crippen molar-refractivity contribution in [1.82, 2.24) is 0 Å². The molecule has 0 aliphatic heterocycles. The third kappa shape index (κ3) is 3.48. The molecule has 2 rings (SSSR count). The van der Waals surface area contributed by atoms with E-state index < -0.39 is 11.7 Å². The lowest BCUT2D eigenvalue weighted by Crippen LogP contribution is -2.15. The Kier molecular flexibility index (Phi) is 4.40. The number of phenols is 1. The number of hydrogen-bond donors (Lipinski definition) is 3. The molecule has 4 N–H and O–H groups in total. The molecule has 2 aromatic carbocycles. The zero-order chi connectivity index (χ0) is 15.6. The van der Waals surface area contributed by atoms with E-state index in [0.717, 1.165) is 6.07 Å². The molecule has 21 heavy (non-hydrogen) atoms. The van der Waals surface area contributed by atoms with E-state index in [0.29, 0.717) is 5.56 Å². The van der Waals surface area contributed by atoms with Gasteiger partial charge < -0.3 is 16.2 Å². The number of rotatable bonds is 3. The molecule has 0 aliphatic carbocycles. The summed E-state index contributed by atoms with van der Waals surface area (Å²) in [6.45, 7) is 0. The lowest BCUT2D eigenvalue weighted by atomic mass is 10.1. The van der Waals surface area contributed by atoms with Crippen molar-refractivity contribution in [3.05, 3.63) is 58.4 Å². The molecule has 1 amide bonds. The summed E-state index contributed by atoms with van der Waals surface area (Å²) in [5.41, 5.74) is 6.07. The molecule has 0 unspecified atom stereocenters. The van der Waals surface area contributed by atoms with Crippen molar-refractivity contribution in [3.63, 3.8) is 0 Å². The molecule has 7 heteroatoms. The van der Waals surface area contributed by atoms with Gasteiger partial charge in [-0.1, -0.05) is 29.9 Å². The fourth-order valence-corrected chi connectivity index (χ4v) is 1.94. The Morgan fingerprint density at radius 1 is 1.29 bits per heavy atom. The van der Waals surface area contributed by atoms with E-state index >= 15 is 0 Å². The zero-order valence-electron chi connectivity index (χ0n) is 10.6. The summed E-state index contributed by atoms with van der Waals surface area (Å²) < 4.78 is 13.6. The van der Waals surface area contributed by atoms with E-state index in [1.54, 1.807) is 6.07 Å². The van der Waals surface area contributed by atoms with Crippen LogP contribution in [0.15, 0.2) is 36.4 Å². The molecule has 108 valence electrons. The van der Waals surface area contributed by atoms with Gasteiger partial charge in [-0.15, -0.1) is 0 Å². The van der Waals surface area contributed by atoms with Crippen molar-refractivity contribution in [3.8, 4) is 5.75 Å². The first-order valence-electron chi connectivity index (χ1n) is 5.77. The Morgan fingerprint density at radius 3 is 2.62 bits per heavy atom. The summed E-state index contributed by atoms with van der Waals surface area (Å²) in [6, 6.07) is 7.87. The predicted molar refractivity (Wildman–Crippen MR) is 83.4 cm³/mol. The van der Waals surface area contributed by atoms with Crippen molar-refractivity contribution in [2.24, 2.45) is 5.73 Å². The number of aromatic hydroxyl groups is 1. The lowest BCUT2D eigenvalue weighted by Gasteiger charge is -2.10. The molecule has 0 aliphatic rings. The number of carbonyl (C=O) groups is 1. The van der Waals surface area contributed by atoms with Crippen LogP contribution in [0.1, 0.15) is 15.9 Å². The van der Waals surface area contributed by atoms with Crippen LogP contribution in [-0.4, -0.2) is 16.0 Å². The monoisotopic (exact) mass is 324 g/mol. The molecule has 0 bridgehead atoms. The molecular formula is C14H10ClFN2O2S. The van der Waals surface area contributed by atoms with Gasteiger partial charge in [-0.3, -0.25) is 4.79 Å². The number of nitrogens with one attached hydrogen (secondary N) is 1. The molecule has 4 nitrogen and oxygen atoms in total. The van der Waals surface area contributed by atoms with Gasteiger partial charge in [-0.25, -0.2) is 4.39 Å². The largest absolute Gasteiger partial charge is 0.508 e. The number of hydrogen-bond acceptors (Lipinski definition) is 3. The fraction of sp³-hybridized carbons (Fsp3) is 0. The fourth-order valence-electron chi connectivity index (χ4n) is 1.65. The Morgan fingerprint density at radius 2 is 2.00 bits per heavy atom. The summed E-state index contributed by atoms with van der Waals surface area (Å²) in [4.78, 5) is 12.2. The van der Waals surface area contributed by atoms with E-state index in [-0.39, 0.29) is 27.0 Å². The predicted octanol–water partition coefficient (Wildman–Crippen LogP) is 3.07. The summed E-state index contributed by atoms with van der Waals surface area (Å²) >= 11 is 10.8. The average molecular weight is 325 g/mol. The molecule has 0 saturated carbocycles. The van der Waals surface area contributed by atoms with Gasteiger partial charge in [0.1, 0.15) is 16.6 Å². The summed E-state index contributed by atoms with van der Waals surface area (Å²) in [7, 11) is 0. The Balaban J connectivity index is 2.31. The third-order valence-electron chi connectivity index (χ3n) is 2.70. The van der Waals surface area contributed by atoms with Crippen LogP contribution in [0.5, 0.6) is 5.75 Å². The molecule has 0 fully saturated rings. The van der Waals surface area contributed by atoms with Crippen molar-refractivity contribution in [1.29, 1.82) is 0 Å². The van der Waals surface area contributed by atoms with E-state index in [1.165, 1.54) is 24.3 Å². The van der Waals surface area contributed by atoms with E-state index in [9.17, 15) is 9.18 Å². The molecule has 0 heterocycles. The highest BCUT2D eigenvalue weighted by Gasteiger charge is 2.14. The Labute approximate surface area is 130 Å². The molecule has 0 atom stereocenters. The number of phenolic OH excluding ortho intramolecular Hbond substituents is 1. The Bertz CT molecular complexity index is 737. The van der Waals surface area contributed by atoms with Crippen LogP contribution in [0.3, 0.4) is 0 Å². The second-order valence-corrected chi connectivity index (χ2v) is 5.02. The maximum absolute atomic E-state index is 13.6. The van der Waals surface area contributed by atoms with Gasteiger partial charge in [-0.2, -0.15) is 0 Å². The maximum Gasteiger partial charge on any atom is 0.258 e. The van der Waals surface area contributed by atoms with Crippen molar-refractivity contribution in [2.75, 3.05) is 5.32 Å². The van der Waals surface area contributed by atoms with Crippen LogP contribution in [0, 0.1) is 5.82 Å². The van der Waals surface area contributed by atoms with E-state index in [2.05, 4.69) is 5.32 Å². The van der Waals surface area contributed by atoms with Crippen molar-refractivity contribution in [2.45, 2.75) is 0 Å². The summed E-state index contributed by atoms with van der Waals surface area (Å²) in [5, 5.41) is 11.9. The lowest BCUT2D eigenvalue weighted by molar-refractivity contribution is 0.102. The normalized spacial score (nSPS) is 10.2. The number of nitrogens with two attached hydrogens (primary N) is 1.